The van der Waals surface area contributed by atoms with Gasteiger partial charge in [0.25, 0.3) is 0 Å². The third kappa shape index (κ3) is 5.19. The third-order valence-corrected chi connectivity index (χ3v) is 4.33. The number of hydrogen-bond acceptors (Lipinski definition) is 3. The SMILES string of the molecule is CNCc1ccc(S(=O)(=O)NCCC(C)(C)C)c(F)c1. The predicted octanol–water partition coefficient (Wildman–Crippen LogP) is 2.26. The van der Waals surface area contributed by atoms with Gasteiger partial charge >= 0.3 is 0 Å². The van der Waals surface area contributed by atoms with Gasteiger partial charge in [-0.2, -0.15) is 0 Å². The second-order valence-electron chi connectivity index (χ2n) is 6.00. The van der Waals surface area contributed by atoms with Crippen molar-refractivity contribution < 1.29 is 12.8 Å². The fraction of sp³-hybridized carbons (Fsp3) is 0.571. The summed E-state index contributed by atoms with van der Waals surface area (Å²) in [5, 5.41) is 2.89. The van der Waals surface area contributed by atoms with E-state index in [1.54, 1.807) is 13.1 Å². The zero-order valence-corrected chi connectivity index (χ0v) is 13.3. The normalized spacial score (nSPS) is 12.7. The first-order chi connectivity index (χ1) is 9.15. The van der Waals surface area contributed by atoms with Crippen LogP contribution in [-0.2, 0) is 16.6 Å². The molecule has 0 aliphatic carbocycles. The average Bonchev–Trinajstić information content (AvgIpc) is 2.26. The molecule has 0 amide bonds. The van der Waals surface area contributed by atoms with Crippen molar-refractivity contribution >= 4 is 10.0 Å². The molecule has 0 radical (unpaired) electrons. The van der Waals surface area contributed by atoms with Crippen LogP contribution >= 0.6 is 0 Å². The Morgan fingerprint density at radius 1 is 1.25 bits per heavy atom. The molecule has 1 rings (SSSR count). The highest BCUT2D eigenvalue weighted by molar-refractivity contribution is 7.89. The first-order valence-corrected chi connectivity index (χ1v) is 8.07. The molecular formula is C14H23FN2O2S. The van der Waals surface area contributed by atoms with Crippen LogP contribution in [0.1, 0.15) is 32.8 Å². The van der Waals surface area contributed by atoms with Crippen molar-refractivity contribution in [3.05, 3.63) is 29.6 Å². The number of benzene rings is 1. The molecule has 4 nitrogen and oxygen atoms in total. The van der Waals surface area contributed by atoms with Crippen molar-refractivity contribution in [2.24, 2.45) is 5.41 Å². The molecule has 0 bridgehead atoms. The van der Waals surface area contributed by atoms with Crippen LogP contribution in [0.3, 0.4) is 0 Å². The van der Waals surface area contributed by atoms with Gasteiger partial charge in [-0.05, 0) is 36.6 Å². The zero-order valence-electron chi connectivity index (χ0n) is 12.5. The number of sulfonamides is 1. The van der Waals surface area contributed by atoms with Gasteiger partial charge in [-0.1, -0.05) is 26.8 Å². The predicted molar refractivity (Wildman–Crippen MR) is 78.4 cm³/mol. The van der Waals surface area contributed by atoms with E-state index in [1.165, 1.54) is 12.1 Å². The molecule has 114 valence electrons. The zero-order chi connectivity index (χ0) is 15.4. The maximum atomic E-state index is 13.9. The highest BCUT2D eigenvalue weighted by atomic mass is 32.2. The van der Waals surface area contributed by atoms with Gasteiger partial charge in [0.2, 0.25) is 10.0 Å². The lowest BCUT2D eigenvalue weighted by Crippen LogP contribution is -2.28. The molecule has 0 spiro atoms. The quantitative estimate of drug-likeness (QED) is 0.847. The smallest absolute Gasteiger partial charge is 0.243 e. The van der Waals surface area contributed by atoms with Gasteiger partial charge in [-0.15, -0.1) is 0 Å². The molecule has 0 aliphatic rings. The summed E-state index contributed by atoms with van der Waals surface area (Å²) in [6.07, 6.45) is 0.686. The molecule has 1 aromatic rings. The van der Waals surface area contributed by atoms with Crippen LogP contribution in [0.4, 0.5) is 4.39 Å². The van der Waals surface area contributed by atoms with E-state index in [0.717, 1.165) is 0 Å². The van der Waals surface area contributed by atoms with E-state index < -0.39 is 15.8 Å². The first-order valence-electron chi connectivity index (χ1n) is 6.58. The van der Waals surface area contributed by atoms with Crippen LogP contribution in [0.5, 0.6) is 0 Å². The fourth-order valence-electron chi connectivity index (χ4n) is 1.71. The van der Waals surface area contributed by atoms with Crippen LogP contribution in [0.25, 0.3) is 0 Å². The summed E-state index contributed by atoms with van der Waals surface area (Å²) in [7, 11) is -2.04. The highest BCUT2D eigenvalue weighted by Crippen LogP contribution is 2.19. The number of halogens is 1. The minimum absolute atomic E-state index is 0.0255. The molecule has 0 aliphatic heterocycles. The Morgan fingerprint density at radius 3 is 2.40 bits per heavy atom. The van der Waals surface area contributed by atoms with Crippen LogP contribution < -0.4 is 10.0 Å². The molecule has 0 unspecified atom stereocenters. The maximum Gasteiger partial charge on any atom is 0.243 e. The minimum atomic E-state index is -3.79. The van der Waals surface area contributed by atoms with Crippen LogP contribution in [0, 0.1) is 11.2 Å². The molecule has 0 saturated carbocycles. The summed E-state index contributed by atoms with van der Waals surface area (Å²) in [5.41, 5.74) is 0.733. The van der Waals surface area contributed by atoms with Gasteiger partial charge < -0.3 is 5.32 Å². The van der Waals surface area contributed by atoms with Crippen molar-refractivity contribution in [3.8, 4) is 0 Å². The standard InChI is InChI=1S/C14H23FN2O2S/c1-14(2,3)7-8-17-20(18,19)13-6-5-11(10-16-4)9-12(13)15/h5-6,9,16-17H,7-8,10H2,1-4H3. The molecule has 6 heteroatoms. The molecule has 0 atom stereocenters. The summed E-state index contributed by atoms with van der Waals surface area (Å²) in [4.78, 5) is -0.300. The van der Waals surface area contributed by atoms with E-state index in [4.69, 9.17) is 0 Å². The largest absolute Gasteiger partial charge is 0.316 e. The van der Waals surface area contributed by atoms with Crippen molar-refractivity contribution in [1.29, 1.82) is 0 Å². The van der Waals surface area contributed by atoms with E-state index in [2.05, 4.69) is 10.0 Å². The van der Waals surface area contributed by atoms with E-state index >= 15 is 0 Å². The monoisotopic (exact) mass is 302 g/mol. The van der Waals surface area contributed by atoms with Crippen LogP contribution in [0.15, 0.2) is 23.1 Å². The van der Waals surface area contributed by atoms with Crippen LogP contribution in [0.2, 0.25) is 0 Å². The van der Waals surface area contributed by atoms with Gasteiger partial charge in [-0.3, -0.25) is 0 Å². The van der Waals surface area contributed by atoms with Gasteiger partial charge in [0.1, 0.15) is 10.7 Å². The first kappa shape index (κ1) is 17.1. The molecule has 20 heavy (non-hydrogen) atoms. The lowest BCUT2D eigenvalue weighted by molar-refractivity contribution is 0.378. The van der Waals surface area contributed by atoms with E-state index in [1.807, 2.05) is 20.8 Å². The van der Waals surface area contributed by atoms with E-state index in [9.17, 15) is 12.8 Å². The number of hydrogen-bond donors (Lipinski definition) is 2. The molecule has 1 aromatic carbocycles. The molecule has 0 aromatic heterocycles. The summed E-state index contributed by atoms with van der Waals surface area (Å²) >= 11 is 0. The Kier molecular flexibility index (Phi) is 5.68. The van der Waals surface area contributed by atoms with Crippen molar-refractivity contribution in [1.82, 2.24) is 10.0 Å². The van der Waals surface area contributed by atoms with Gasteiger partial charge in [0.15, 0.2) is 0 Å². The highest BCUT2D eigenvalue weighted by Gasteiger charge is 2.20. The van der Waals surface area contributed by atoms with Crippen LogP contribution in [-0.4, -0.2) is 22.0 Å². The molecular weight excluding hydrogens is 279 g/mol. The summed E-state index contributed by atoms with van der Waals surface area (Å²) < 4.78 is 40.4. The van der Waals surface area contributed by atoms with Crippen molar-refractivity contribution in [2.45, 2.75) is 38.6 Å². The van der Waals surface area contributed by atoms with Gasteiger partial charge in [0, 0.05) is 13.1 Å². The second-order valence-corrected chi connectivity index (χ2v) is 7.74. The Hall–Kier alpha value is -0.980. The Labute approximate surface area is 120 Å². The minimum Gasteiger partial charge on any atom is -0.316 e. The summed E-state index contributed by atoms with van der Waals surface area (Å²) in [6.45, 7) is 6.86. The number of rotatable bonds is 6. The molecule has 0 fully saturated rings. The summed E-state index contributed by atoms with van der Waals surface area (Å²) in [5.74, 6) is -0.721. The molecule has 0 saturated heterocycles. The van der Waals surface area contributed by atoms with E-state index in [-0.39, 0.29) is 10.3 Å². The lowest BCUT2D eigenvalue weighted by atomic mass is 9.93. The average molecular weight is 302 g/mol. The second kappa shape index (κ2) is 6.65. The lowest BCUT2D eigenvalue weighted by Gasteiger charge is -2.18. The Balaban J connectivity index is 2.82. The number of nitrogens with one attached hydrogen (secondary N) is 2. The van der Waals surface area contributed by atoms with Gasteiger partial charge in [-0.25, -0.2) is 17.5 Å². The third-order valence-electron chi connectivity index (χ3n) is 2.83. The summed E-state index contributed by atoms with van der Waals surface area (Å²) in [6, 6.07) is 4.16. The Morgan fingerprint density at radius 2 is 1.90 bits per heavy atom. The maximum absolute atomic E-state index is 13.9. The van der Waals surface area contributed by atoms with Crippen molar-refractivity contribution in [2.75, 3.05) is 13.6 Å². The fourth-order valence-corrected chi connectivity index (χ4v) is 2.80. The molecule has 0 heterocycles. The van der Waals surface area contributed by atoms with E-state index in [0.29, 0.717) is 25.1 Å². The topological polar surface area (TPSA) is 58.2 Å². The van der Waals surface area contributed by atoms with Gasteiger partial charge in [0.05, 0.1) is 0 Å². The molecule has 2 N–H and O–H groups in total. The van der Waals surface area contributed by atoms with Crippen molar-refractivity contribution in [3.63, 3.8) is 0 Å². The Bertz CT molecular complexity index is 551.